The third-order valence-corrected chi connectivity index (χ3v) is 2.99. The Morgan fingerprint density at radius 2 is 0.920 bits per heavy atom. The van der Waals surface area contributed by atoms with E-state index in [0.717, 1.165) is 48.5 Å². The second-order valence-corrected chi connectivity index (χ2v) is 4.95. The smallest absolute Gasteiger partial charge is 0.422 e. The van der Waals surface area contributed by atoms with Gasteiger partial charge in [0.25, 0.3) is 0 Å². The number of halogens is 6. The van der Waals surface area contributed by atoms with Crippen LogP contribution in [-0.2, 0) is 0 Å². The van der Waals surface area contributed by atoms with Crippen LogP contribution in [0.15, 0.2) is 48.5 Å². The van der Waals surface area contributed by atoms with Crippen LogP contribution in [0.5, 0.6) is 11.5 Å². The molecule has 136 valence electrons. The van der Waals surface area contributed by atoms with E-state index < -0.39 is 29.6 Å². The van der Waals surface area contributed by atoms with Crippen LogP contribution < -0.4 is 20.9 Å². The third-order valence-electron chi connectivity index (χ3n) is 2.99. The Kier molecular flexibility index (Phi) is 4.65. The molecule has 0 aromatic heterocycles. The topological polar surface area (TPSA) is 70.5 Å². The molecule has 4 N–H and O–H groups in total. The van der Waals surface area contributed by atoms with E-state index in [1.54, 1.807) is 0 Å². The quantitative estimate of drug-likeness (QED) is 0.474. The van der Waals surface area contributed by atoms with Gasteiger partial charge in [-0.25, -0.2) is 0 Å². The highest BCUT2D eigenvalue weighted by molar-refractivity contribution is 5.43. The Hall–Kier alpha value is -2.78. The van der Waals surface area contributed by atoms with Crippen LogP contribution in [0.2, 0.25) is 0 Å². The highest BCUT2D eigenvalue weighted by atomic mass is 19.4. The van der Waals surface area contributed by atoms with Gasteiger partial charge in [-0.3, -0.25) is 0 Å². The number of rotatable bonds is 5. The number of ether oxygens (including phenoxy) is 2. The van der Waals surface area contributed by atoms with Crippen molar-refractivity contribution in [2.75, 3.05) is 11.5 Å². The molecule has 0 radical (unpaired) electrons. The summed E-state index contributed by atoms with van der Waals surface area (Å²) >= 11 is 0. The van der Waals surface area contributed by atoms with E-state index in [1.807, 2.05) is 0 Å². The Morgan fingerprint density at radius 3 is 1.20 bits per heavy atom. The zero-order chi connectivity index (χ0) is 18.9. The summed E-state index contributed by atoms with van der Waals surface area (Å²) in [6, 6.07) is 3.33. The largest absolute Gasteiger partial charge is 0.485 e. The van der Waals surface area contributed by atoms with Gasteiger partial charge in [0.15, 0.2) is 0 Å². The maximum absolute atomic E-state index is 14.7. The van der Waals surface area contributed by atoms with Gasteiger partial charge in [-0.2, -0.15) is 26.3 Å². The van der Waals surface area contributed by atoms with Crippen LogP contribution in [0.1, 0.15) is 0 Å². The first-order chi connectivity index (χ1) is 11.4. The molecule has 10 heteroatoms. The molecule has 0 aliphatic rings. The van der Waals surface area contributed by atoms with Crippen LogP contribution >= 0.6 is 0 Å². The summed E-state index contributed by atoms with van der Waals surface area (Å²) < 4.78 is 88.6. The minimum absolute atomic E-state index is 0.166. The summed E-state index contributed by atoms with van der Waals surface area (Å²) in [5.74, 6) is -7.27. The fraction of sp³-hybridized carbons (Fsp3) is 0.200. The van der Waals surface area contributed by atoms with E-state index in [4.69, 9.17) is 11.5 Å². The van der Waals surface area contributed by atoms with Crippen LogP contribution in [-0.4, -0.2) is 18.1 Å². The predicted molar refractivity (Wildman–Crippen MR) is 77.8 cm³/mol. The summed E-state index contributed by atoms with van der Waals surface area (Å²) in [6.07, 6.45) is -6.27. The molecule has 2 aromatic rings. The summed E-state index contributed by atoms with van der Waals surface area (Å²) in [5, 5.41) is 0. The molecule has 0 heterocycles. The maximum Gasteiger partial charge on any atom is 0.485 e. The molecule has 0 spiro atoms. The normalized spacial score (nSPS) is 12.7. The fourth-order valence-electron chi connectivity index (χ4n) is 1.69. The average Bonchev–Trinajstić information content (AvgIpc) is 2.51. The predicted octanol–water partition coefficient (Wildman–Crippen LogP) is 4.13. The van der Waals surface area contributed by atoms with Gasteiger partial charge in [0, 0.05) is 11.4 Å². The zero-order valence-electron chi connectivity index (χ0n) is 12.4. The number of anilines is 2. The van der Waals surface area contributed by atoms with E-state index in [-0.39, 0.29) is 11.4 Å². The summed E-state index contributed by atoms with van der Waals surface area (Å²) in [4.78, 5) is 0. The molecule has 0 saturated heterocycles. The molecule has 0 bridgehead atoms. The Bertz CT molecular complexity index is 669. The third kappa shape index (κ3) is 3.83. The molecule has 0 unspecified atom stereocenters. The first-order valence-corrected chi connectivity index (χ1v) is 6.67. The number of nitrogen functional groups attached to an aromatic ring is 2. The van der Waals surface area contributed by atoms with E-state index in [2.05, 4.69) is 9.47 Å². The average molecular weight is 366 g/mol. The summed E-state index contributed by atoms with van der Waals surface area (Å²) in [5.41, 5.74) is 11.1. The van der Waals surface area contributed by atoms with E-state index in [9.17, 15) is 26.3 Å². The maximum atomic E-state index is 14.7. The van der Waals surface area contributed by atoms with Gasteiger partial charge in [-0.15, -0.1) is 0 Å². The highest BCUT2D eigenvalue weighted by Gasteiger charge is 2.77. The zero-order valence-corrected chi connectivity index (χ0v) is 12.4. The molecule has 25 heavy (non-hydrogen) atoms. The van der Waals surface area contributed by atoms with E-state index in [1.165, 1.54) is 0 Å². The van der Waals surface area contributed by atoms with Gasteiger partial charge in [-0.05, 0) is 48.5 Å². The Labute approximate surface area is 137 Å². The minimum Gasteiger partial charge on any atom is -0.422 e. The lowest BCUT2D eigenvalue weighted by Crippen LogP contribution is -2.61. The van der Waals surface area contributed by atoms with Crippen molar-refractivity contribution < 1.29 is 35.8 Å². The fourth-order valence-corrected chi connectivity index (χ4v) is 1.69. The van der Waals surface area contributed by atoms with Crippen molar-refractivity contribution >= 4 is 11.4 Å². The van der Waals surface area contributed by atoms with Crippen molar-refractivity contribution in [2.24, 2.45) is 0 Å². The second-order valence-electron chi connectivity index (χ2n) is 4.95. The first kappa shape index (κ1) is 18.6. The standard InChI is InChI=1S/C15H12F6N2O2/c16-13(17,14(18,19)20)15(21,24-11-5-1-9(22)2-6-11)25-12-7-3-10(23)4-8-12/h1-8H,22-23H2. The van der Waals surface area contributed by atoms with Crippen molar-refractivity contribution in [3.63, 3.8) is 0 Å². The van der Waals surface area contributed by atoms with E-state index in [0.29, 0.717) is 0 Å². The molecule has 0 atom stereocenters. The molecular formula is C15H12F6N2O2. The van der Waals surface area contributed by atoms with Crippen LogP contribution in [0.25, 0.3) is 0 Å². The summed E-state index contributed by atoms with van der Waals surface area (Å²) in [7, 11) is 0. The van der Waals surface area contributed by atoms with Crippen LogP contribution in [0.3, 0.4) is 0 Å². The summed E-state index contributed by atoms with van der Waals surface area (Å²) in [6.45, 7) is 0. The second kappa shape index (κ2) is 6.26. The molecule has 2 aromatic carbocycles. The van der Waals surface area contributed by atoms with Gasteiger partial charge in [0.2, 0.25) is 0 Å². The number of nitrogens with two attached hydrogens (primary N) is 2. The Morgan fingerprint density at radius 1 is 0.600 bits per heavy atom. The lowest BCUT2D eigenvalue weighted by molar-refractivity contribution is -0.417. The lowest BCUT2D eigenvalue weighted by atomic mass is 10.2. The number of alkyl halides is 6. The van der Waals surface area contributed by atoms with Gasteiger partial charge < -0.3 is 20.9 Å². The number of hydrogen-bond acceptors (Lipinski definition) is 4. The molecule has 0 fully saturated rings. The van der Waals surface area contributed by atoms with Crippen molar-refractivity contribution in [3.8, 4) is 11.5 Å². The minimum atomic E-state index is -6.27. The number of benzene rings is 2. The molecule has 0 amide bonds. The Balaban J connectivity index is 2.42. The molecule has 4 nitrogen and oxygen atoms in total. The highest BCUT2D eigenvalue weighted by Crippen LogP contribution is 2.47. The molecular weight excluding hydrogens is 354 g/mol. The number of hydrogen-bond donors (Lipinski definition) is 2. The van der Waals surface area contributed by atoms with Crippen molar-refractivity contribution in [1.82, 2.24) is 0 Å². The van der Waals surface area contributed by atoms with Gasteiger partial charge in [0.1, 0.15) is 11.5 Å². The first-order valence-electron chi connectivity index (χ1n) is 6.67. The van der Waals surface area contributed by atoms with Crippen molar-refractivity contribution in [3.05, 3.63) is 48.5 Å². The van der Waals surface area contributed by atoms with Crippen molar-refractivity contribution in [2.45, 2.75) is 18.1 Å². The molecule has 0 aliphatic carbocycles. The lowest BCUT2D eigenvalue weighted by Gasteiger charge is -2.33. The molecule has 0 saturated carbocycles. The van der Waals surface area contributed by atoms with Crippen molar-refractivity contribution in [1.29, 1.82) is 0 Å². The monoisotopic (exact) mass is 366 g/mol. The SMILES string of the molecule is Nc1ccc(OC(F)(Oc2ccc(N)cc2)C(F)(F)C(F)(F)F)cc1. The molecule has 0 aliphatic heterocycles. The molecule has 2 rings (SSSR count). The van der Waals surface area contributed by atoms with E-state index >= 15 is 0 Å². The van der Waals surface area contributed by atoms with Gasteiger partial charge in [0.05, 0.1) is 0 Å². The van der Waals surface area contributed by atoms with Gasteiger partial charge in [-0.1, -0.05) is 0 Å². The van der Waals surface area contributed by atoms with Crippen LogP contribution in [0.4, 0.5) is 37.7 Å². The van der Waals surface area contributed by atoms with Crippen LogP contribution in [0, 0.1) is 0 Å². The van der Waals surface area contributed by atoms with Gasteiger partial charge >= 0.3 is 18.1 Å².